The number of hydrogen-bond acceptors (Lipinski definition) is 5. The zero-order valence-electron chi connectivity index (χ0n) is 15.3. The van der Waals surface area contributed by atoms with E-state index in [0.29, 0.717) is 13.1 Å². The number of aromatic nitrogens is 1. The number of thiazole rings is 1. The Hall–Kier alpha value is -2.28. The van der Waals surface area contributed by atoms with E-state index < -0.39 is 0 Å². The molecule has 0 aliphatic heterocycles. The van der Waals surface area contributed by atoms with Crippen LogP contribution >= 0.6 is 11.3 Å². The van der Waals surface area contributed by atoms with Gasteiger partial charge in [0.25, 0.3) is 0 Å². The van der Waals surface area contributed by atoms with Crippen molar-refractivity contribution in [2.75, 3.05) is 32.1 Å². The zero-order valence-corrected chi connectivity index (χ0v) is 16.1. The van der Waals surface area contributed by atoms with Crippen LogP contribution in [-0.4, -0.2) is 44.2 Å². The number of nitrogens with zero attached hydrogens (tertiary/aromatic N) is 3. The van der Waals surface area contributed by atoms with Crippen molar-refractivity contribution < 1.29 is 4.74 Å². The van der Waals surface area contributed by atoms with Crippen LogP contribution in [0.4, 0.5) is 5.13 Å². The van der Waals surface area contributed by atoms with Crippen LogP contribution in [0.15, 0.2) is 40.7 Å². The molecule has 0 saturated carbocycles. The summed E-state index contributed by atoms with van der Waals surface area (Å²) in [5.41, 5.74) is 0.972. The topological polar surface area (TPSA) is 61.8 Å². The average Bonchev–Trinajstić information content (AvgIpc) is 3.07. The van der Waals surface area contributed by atoms with Gasteiger partial charge < -0.3 is 20.3 Å². The van der Waals surface area contributed by atoms with Gasteiger partial charge in [0.1, 0.15) is 11.9 Å². The predicted octanol–water partition coefficient (Wildman–Crippen LogP) is 2.73. The largest absolute Gasteiger partial charge is 0.489 e. The Balaban J connectivity index is 1.86. The highest BCUT2D eigenvalue weighted by Crippen LogP contribution is 2.18. The summed E-state index contributed by atoms with van der Waals surface area (Å²) in [7, 11) is 3.98. The smallest absolute Gasteiger partial charge is 0.191 e. The molecule has 1 aromatic heterocycles. The van der Waals surface area contributed by atoms with E-state index in [0.717, 1.165) is 29.1 Å². The first kappa shape index (κ1) is 19.1. The Bertz CT molecular complexity index is 656. The van der Waals surface area contributed by atoms with Crippen LogP contribution in [0.3, 0.4) is 0 Å². The summed E-state index contributed by atoms with van der Waals surface area (Å²) in [4.78, 5) is 11.2. The van der Waals surface area contributed by atoms with E-state index in [1.807, 2.05) is 68.6 Å². The van der Waals surface area contributed by atoms with Crippen LogP contribution in [0.25, 0.3) is 0 Å². The second-order valence-corrected chi connectivity index (χ2v) is 6.67. The van der Waals surface area contributed by atoms with Crippen molar-refractivity contribution in [3.05, 3.63) is 41.4 Å². The lowest BCUT2D eigenvalue weighted by Gasteiger charge is -2.17. The highest BCUT2D eigenvalue weighted by atomic mass is 32.1. The maximum atomic E-state index is 5.87. The molecule has 0 radical (unpaired) electrons. The van der Waals surface area contributed by atoms with E-state index in [9.17, 15) is 0 Å². The van der Waals surface area contributed by atoms with Gasteiger partial charge in [-0.3, -0.25) is 0 Å². The van der Waals surface area contributed by atoms with E-state index in [2.05, 4.69) is 20.6 Å². The Morgan fingerprint density at radius 2 is 2.04 bits per heavy atom. The first-order valence-corrected chi connectivity index (χ1v) is 9.32. The molecule has 136 valence electrons. The van der Waals surface area contributed by atoms with Crippen LogP contribution in [0.5, 0.6) is 5.75 Å². The number of guanidine groups is 1. The van der Waals surface area contributed by atoms with Crippen molar-refractivity contribution in [2.45, 2.75) is 26.5 Å². The van der Waals surface area contributed by atoms with Crippen LogP contribution in [0.1, 0.15) is 19.5 Å². The summed E-state index contributed by atoms with van der Waals surface area (Å²) in [6.07, 6.45) is 0.0332. The molecule has 2 aromatic rings. The molecule has 0 saturated heterocycles. The number of anilines is 1. The molecule has 6 nitrogen and oxygen atoms in total. The number of para-hydroxylation sites is 1. The second-order valence-electron chi connectivity index (χ2n) is 5.83. The fraction of sp³-hybridized carbons (Fsp3) is 0.444. The predicted molar refractivity (Wildman–Crippen MR) is 106 cm³/mol. The highest BCUT2D eigenvalue weighted by molar-refractivity contribution is 7.13. The summed E-state index contributed by atoms with van der Waals surface area (Å²) in [6.45, 7) is 6.11. The molecule has 2 N–H and O–H groups in total. The molecule has 0 aliphatic carbocycles. The molecule has 0 bridgehead atoms. The molecule has 0 fully saturated rings. The van der Waals surface area contributed by atoms with Gasteiger partial charge in [0.15, 0.2) is 11.1 Å². The molecule has 2 rings (SSSR count). The molecule has 25 heavy (non-hydrogen) atoms. The lowest BCUT2D eigenvalue weighted by Crippen LogP contribution is -2.41. The third-order valence-electron chi connectivity index (χ3n) is 3.30. The quantitative estimate of drug-likeness (QED) is 0.559. The van der Waals surface area contributed by atoms with Gasteiger partial charge >= 0.3 is 0 Å². The highest BCUT2D eigenvalue weighted by Gasteiger charge is 2.07. The van der Waals surface area contributed by atoms with E-state index >= 15 is 0 Å². The fourth-order valence-corrected chi connectivity index (χ4v) is 2.84. The number of hydrogen-bond donors (Lipinski definition) is 2. The standard InChI is InChI=1S/C18H27N5OS/c1-5-19-17(21-12-15-13-25-18(22-15)23(3)4)20-11-14(2)24-16-9-7-6-8-10-16/h6-10,13-14H,5,11-12H2,1-4H3,(H2,19,20,21). The third-order valence-corrected chi connectivity index (χ3v) is 4.36. The fourth-order valence-electron chi connectivity index (χ4n) is 2.09. The maximum Gasteiger partial charge on any atom is 0.191 e. The van der Waals surface area contributed by atoms with Gasteiger partial charge in [-0.2, -0.15) is 0 Å². The minimum absolute atomic E-state index is 0.0332. The number of ether oxygens (including phenoxy) is 1. The Labute approximate surface area is 154 Å². The summed E-state index contributed by atoms with van der Waals surface area (Å²) < 4.78 is 5.87. The molecule has 1 aromatic carbocycles. The van der Waals surface area contributed by atoms with Gasteiger partial charge in [0, 0.05) is 26.0 Å². The van der Waals surface area contributed by atoms with Crippen molar-refractivity contribution >= 4 is 22.4 Å². The van der Waals surface area contributed by atoms with Gasteiger partial charge in [-0.05, 0) is 26.0 Å². The second kappa shape index (κ2) is 9.88. The minimum atomic E-state index is 0.0332. The maximum absolute atomic E-state index is 5.87. The lowest BCUT2D eigenvalue weighted by molar-refractivity contribution is 0.224. The van der Waals surface area contributed by atoms with E-state index in [-0.39, 0.29) is 6.10 Å². The number of rotatable bonds is 8. The number of benzene rings is 1. The summed E-state index contributed by atoms with van der Waals surface area (Å²) in [5.74, 6) is 1.64. The SMILES string of the molecule is CCNC(=NCc1csc(N(C)C)n1)NCC(C)Oc1ccccc1. The van der Waals surface area contributed by atoms with Crippen LogP contribution < -0.4 is 20.3 Å². The first-order valence-electron chi connectivity index (χ1n) is 8.44. The Kier molecular flexibility index (Phi) is 7.53. The van der Waals surface area contributed by atoms with Gasteiger partial charge in [0.2, 0.25) is 0 Å². The van der Waals surface area contributed by atoms with Crippen molar-refractivity contribution in [3.8, 4) is 5.75 Å². The average molecular weight is 362 g/mol. The Morgan fingerprint density at radius 3 is 2.68 bits per heavy atom. The molecule has 1 atom stereocenters. The van der Waals surface area contributed by atoms with E-state index in [1.54, 1.807) is 11.3 Å². The van der Waals surface area contributed by atoms with E-state index in [4.69, 9.17) is 4.74 Å². The number of nitrogens with one attached hydrogen (secondary N) is 2. The molecular weight excluding hydrogens is 334 g/mol. The molecule has 7 heteroatoms. The molecular formula is C18H27N5OS. The van der Waals surface area contributed by atoms with Crippen LogP contribution in [-0.2, 0) is 6.54 Å². The molecule has 0 spiro atoms. The zero-order chi connectivity index (χ0) is 18.1. The first-order chi connectivity index (χ1) is 12.1. The summed E-state index contributed by atoms with van der Waals surface area (Å²) in [6, 6.07) is 9.83. The summed E-state index contributed by atoms with van der Waals surface area (Å²) >= 11 is 1.63. The molecule has 1 unspecified atom stereocenters. The van der Waals surface area contributed by atoms with Crippen molar-refractivity contribution in [2.24, 2.45) is 4.99 Å². The molecule has 0 amide bonds. The van der Waals surface area contributed by atoms with Gasteiger partial charge in [-0.15, -0.1) is 11.3 Å². The monoisotopic (exact) mass is 361 g/mol. The Morgan fingerprint density at radius 1 is 1.28 bits per heavy atom. The van der Waals surface area contributed by atoms with E-state index in [1.165, 1.54) is 0 Å². The number of aliphatic imine (C=N–C) groups is 1. The van der Waals surface area contributed by atoms with Crippen LogP contribution in [0.2, 0.25) is 0 Å². The lowest BCUT2D eigenvalue weighted by atomic mass is 10.3. The molecule has 0 aliphatic rings. The van der Waals surface area contributed by atoms with Crippen LogP contribution in [0, 0.1) is 0 Å². The van der Waals surface area contributed by atoms with Gasteiger partial charge in [0.05, 0.1) is 18.8 Å². The third kappa shape index (κ3) is 6.62. The van der Waals surface area contributed by atoms with Crippen molar-refractivity contribution in [1.82, 2.24) is 15.6 Å². The normalized spacial score (nSPS) is 12.6. The molecule has 1 heterocycles. The minimum Gasteiger partial charge on any atom is -0.489 e. The van der Waals surface area contributed by atoms with Gasteiger partial charge in [-0.1, -0.05) is 18.2 Å². The van der Waals surface area contributed by atoms with Crippen molar-refractivity contribution in [1.29, 1.82) is 0 Å². The van der Waals surface area contributed by atoms with Crippen molar-refractivity contribution in [3.63, 3.8) is 0 Å². The van der Waals surface area contributed by atoms with Gasteiger partial charge in [-0.25, -0.2) is 9.98 Å². The summed E-state index contributed by atoms with van der Waals surface area (Å²) in [5, 5.41) is 9.61.